The summed E-state index contributed by atoms with van der Waals surface area (Å²) in [5.74, 6) is 1.20. The van der Waals surface area contributed by atoms with Crippen molar-refractivity contribution in [1.82, 2.24) is 0 Å². The second-order valence-corrected chi connectivity index (χ2v) is 7.24. The molecule has 0 radical (unpaired) electrons. The minimum Gasteiger partial charge on any atom is -0.450 e. The van der Waals surface area contributed by atoms with Crippen molar-refractivity contribution in [3.05, 3.63) is 12.2 Å². The van der Waals surface area contributed by atoms with Gasteiger partial charge in [-0.25, -0.2) is 9.59 Å². The van der Waals surface area contributed by atoms with Crippen LogP contribution in [-0.4, -0.2) is 30.9 Å². The Hall–Kier alpha value is -1.36. The maximum atomic E-state index is 11.5. The molecule has 4 bridgehead atoms. The quantitative estimate of drug-likeness (QED) is 0.429. The van der Waals surface area contributed by atoms with E-state index in [9.17, 15) is 9.59 Å². The molecule has 0 saturated heterocycles. The van der Waals surface area contributed by atoms with Crippen molar-refractivity contribution in [1.29, 1.82) is 0 Å². The standard InChI is InChI=1S/C17H24O5/c1-11(2)16(19)20-9-15(18)21-10-22-17-6-12-3-13(7-17)5-14(4-12)8-17/h12-14H,1,3-10H2,2H3. The Bertz CT molecular complexity index is 446. The molecule has 0 heterocycles. The van der Waals surface area contributed by atoms with Crippen molar-refractivity contribution in [2.24, 2.45) is 17.8 Å². The lowest BCUT2D eigenvalue weighted by molar-refractivity contribution is -0.212. The monoisotopic (exact) mass is 308 g/mol. The number of carbonyl (C=O) groups is 2. The zero-order chi connectivity index (χ0) is 15.7. The molecule has 0 aromatic carbocycles. The maximum absolute atomic E-state index is 11.5. The van der Waals surface area contributed by atoms with Gasteiger partial charge in [0.05, 0.1) is 5.60 Å². The molecule has 0 atom stereocenters. The first kappa shape index (κ1) is 15.5. The second-order valence-electron chi connectivity index (χ2n) is 7.24. The fourth-order valence-electron chi connectivity index (χ4n) is 4.72. The second kappa shape index (κ2) is 6.03. The van der Waals surface area contributed by atoms with Crippen LogP contribution in [0.4, 0.5) is 0 Å². The molecule has 0 aliphatic heterocycles. The van der Waals surface area contributed by atoms with Crippen molar-refractivity contribution in [2.75, 3.05) is 13.4 Å². The van der Waals surface area contributed by atoms with E-state index < -0.39 is 18.5 Å². The smallest absolute Gasteiger partial charge is 0.346 e. The summed E-state index contributed by atoms with van der Waals surface area (Å²) in [6.45, 7) is 4.54. The topological polar surface area (TPSA) is 61.8 Å². The number of hydrogen-bond donors (Lipinski definition) is 0. The van der Waals surface area contributed by atoms with E-state index in [0.29, 0.717) is 0 Å². The van der Waals surface area contributed by atoms with Crippen LogP contribution >= 0.6 is 0 Å². The van der Waals surface area contributed by atoms with Gasteiger partial charge in [-0.15, -0.1) is 0 Å². The van der Waals surface area contributed by atoms with Crippen LogP contribution in [0.3, 0.4) is 0 Å². The molecule has 5 heteroatoms. The predicted octanol–water partition coefficient (Wildman–Crippen LogP) is 2.59. The molecule has 5 nitrogen and oxygen atoms in total. The minimum atomic E-state index is -0.584. The van der Waals surface area contributed by atoms with Crippen LogP contribution in [0.1, 0.15) is 45.4 Å². The van der Waals surface area contributed by atoms with Crippen LogP contribution in [0.5, 0.6) is 0 Å². The third-order valence-electron chi connectivity index (χ3n) is 5.24. The van der Waals surface area contributed by atoms with Gasteiger partial charge in [0.2, 0.25) is 0 Å². The highest BCUT2D eigenvalue weighted by atomic mass is 16.7. The third kappa shape index (κ3) is 3.35. The third-order valence-corrected chi connectivity index (χ3v) is 5.24. The molecule has 0 spiro atoms. The Morgan fingerprint density at radius 3 is 2.09 bits per heavy atom. The van der Waals surface area contributed by atoms with Crippen molar-refractivity contribution < 1.29 is 23.8 Å². The van der Waals surface area contributed by atoms with Crippen molar-refractivity contribution >= 4 is 11.9 Å². The highest BCUT2D eigenvalue weighted by molar-refractivity contribution is 5.88. The van der Waals surface area contributed by atoms with Crippen molar-refractivity contribution in [3.63, 3.8) is 0 Å². The summed E-state index contributed by atoms with van der Waals surface area (Å²) in [5.41, 5.74) is 0.182. The van der Waals surface area contributed by atoms with E-state index in [4.69, 9.17) is 14.2 Å². The lowest BCUT2D eigenvalue weighted by Crippen LogP contribution is -2.52. The van der Waals surface area contributed by atoms with Gasteiger partial charge in [-0.2, -0.15) is 0 Å². The molecule has 22 heavy (non-hydrogen) atoms. The molecule has 122 valence electrons. The lowest BCUT2D eigenvalue weighted by Gasteiger charge is -2.56. The summed E-state index contributed by atoms with van der Waals surface area (Å²) < 4.78 is 15.8. The van der Waals surface area contributed by atoms with Crippen LogP contribution in [0.2, 0.25) is 0 Å². The van der Waals surface area contributed by atoms with Gasteiger partial charge >= 0.3 is 11.9 Å². The predicted molar refractivity (Wildman–Crippen MR) is 78.7 cm³/mol. The summed E-state index contributed by atoms with van der Waals surface area (Å²) in [5, 5.41) is 0. The normalized spacial score (nSPS) is 35.2. The molecule has 4 fully saturated rings. The molecule has 0 aromatic heterocycles. The Kier molecular flexibility index (Phi) is 4.26. The van der Waals surface area contributed by atoms with Gasteiger partial charge in [-0.05, 0) is 63.2 Å². The highest BCUT2D eigenvalue weighted by Crippen LogP contribution is 2.57. The van der Waals surface area contributed by atoms with Crippen molar-refractivity contribution in [3.8, 4) is 0 Å². The molecular weight excluding hydrogens is 284 g/mol. The number of carbonyl (C=O) groups excluding carboxylic acids is 2. The number of ether oxygens (including phenoxy) is 3. The van der Waals surface area contributed by atoms with E-state index in [-0.39, 0.29) is 18.0 Å². The first-order chi connectivity index (χ1) is 10.5. The van der Waals surface area contributed by atoms with E-state index >= 15 is 0 Å². The Morgan fingerprint density at radius 2 is 1.59 bits per heavy atom. The highest BCUT2D eigenvalue weighted by Gasteiger charge is 2.51. The number of esters is 2. The number of rotatable bonds is 6. The maximum Gasteiger partial charge on any atom is 0.346 e. The molecule has 0 N–H and O–H groups in total. The van der Waals surface area contributed by atoms with E-state index in [1.165, 1.54) is 26.2 Å². The number of hydrogen-bond acceptors (Lipinski definition) is 5. The van der Waals surface area contributed by atoms with Crippen LogP contribution < -0.4 is 0 Å². The van der Waals surface area contributed by atoms with Gasteiger partial charge in [0.1, 0.15) is 0 Å². The Morgan fingerprint density at radius 1 is 1.05 bits per heavy atom. The summed E-state index contributed by atoms with van der Waals surface area (Å²) >= 11 is 0. The van der Waals surface area contributed by atoms with E-state index in [1.807, 2.05) is 0 Å². The van der Waals surface area contributed by atoms with Gasteiger partial charge < -0.3 is 14.2 Å². The summed E-state index contributed by atoms with van der Waals surface area (Å²) in [6.07, 6.45) is 7.33. The molecule has 4 aliphatic carbocycles. The SMILES string of the molecule is C=C(C)C(=O)OCC(=O)OCOC12CC3CC(CC(C3)C1)C2. The summed E-state index contributed by atoms with van der Waals surface area (Å²) in [6, 6.07) is 0. The molecule has 4 aliphatic rings. The van der Waals surface area contributed by atoms with E-state index in [1.54, 1.807) is 0 Å². The molecule has 4 rings (SSSR count). The summed E-state index contributed by atoms with van der Waals surface area (Å²) in [7, 11) is 0. The van der Waals surface area contributed by atoms with E-state index in [2.05, 4.69) is 6.58 Å². The average Bonchev–Trinajstić information content (AvgIpc) is 2.42. The first-order valence-electron chi connectivity index (χ1n) is 8.08. The van der Waals surface area contributed by atoms with Crippen LogP contribution in [0.15, 0.2) is 12.2 Å². The molecular formula is C17H24O5. The zero-order valence-electron chi connectivity index (χ0n) is 13.1. The molecule has 0 amide bonds. The lowest BCUT2D eigenvalue weighted by atomic mass is 9.54. The zero-order valence-corrected chi connectivity index (χ0v) is 13.1. The molecule has 0 aromatic rings. The van der Waals surface area contributed by atoms with Crippen LogP contribution in [-0.2, 0) is 23.8 Å². The van der Waals surface area contributed by atoms with Crippen LogP contribution in [0.25, 0.3) is 0 Å². The van der Waals surface area contributed by atoms with Crippen LogP contribution in [0, 0.1) is 17.8 Å². The summed E-state index contributed by atoms with van der Waals surface area (Å²) in [4.78, 5) is 22.7. The first-order valence-corrected chi connectivity index (χ1v) is 8.08. The van der Waals surface area contributed by atoms with Gasteiger partial charge in [0, 0.05) is 5.57 Å². The van der Waals surface area contributed by atoms with Gasteiger partial charge in [0.15, 0.2) is 13.4 Å². The largest absolute Gasteiger partial charge is 0.450 e. The molecule has 0 unspecified atom stereocenters. The van der Waals surface area contributed by atoms with Gasteiger partial charge in [0.25, 0.3) is 0 Å². The Balaban J connectivity index is 1.41. The average molecular weight is 308 g/mol. The van der Waals surface area contributed by atoms with Gasteiger partial charge in [-0.3, -0.25) is 0 Å². The molecule has 4 saturated carbocycles. The van der Waals surface area contributed by atoms with E-state index in [0.717, 1.165) is 37.0 Å². The Labute approximate surface area is 131 Å². The fourth-order valence-corrected chi connectivity index (χ4v) is 4.72. The van der Waals surface area contributed by atoms with Gasteiger partial charge in [-0.1, -0.05) is 6.58 Å². The fraction of sp³-hybridized carbons (Fsp3) is 0.765. The van der Waals surface area contributed by atoms with Crippen molar-refractivity contribution in [2.45, 2.75) is 51.0 Å². The minimum absolute atomic E-state index is 0.0460.